The zero-order chi connectivity index (χ0) is 8.81. The SMILES string of the molecule is C#CCCCn1ccc(=O)cc1. The number of nitrogens with zero attached hydrogens (tertiary/aromatic N) is 1. The summed E-state index contributed by atoms with van der Waals surface area (Å²) in [6.07, 6.45) is 10.4. The average Bonchev–Trinajstić information content (AvgIpc) is 2.09. The van der Waals surface area contributed by atoms with Crippen LogP contribution in [0.4, 0.5) is 0 Å². The van der Waals surface area contributed by atoms with E-state index in [0.29, 0.717) is 0 Å². The lowest BCUT2D eigenvalue weighted by Gasteiger charge is -2.02. The number of hydrogen-bond donors (Lipinski definition) is 0. The summed E-state index contributed by atoms with van der Waals surface area (Å²) in [6.45, 7) is 0.879. The molecule has 0 radical (unpaired) electrons. The van der Waals surface area contributed by atoms with Gasteiger partial charge in [0, 0.05) is 37.5 Å². The highest BCUT2D eigenvalue weighted by atomic mass is 16.1. The van der Waals surface area contributed by atoms with Crippen LogP contribution in [0.15, 0.2) is 29.3 Å². The summed E-state index contributed by atoms with van der Waals surface area (Å²) in [4.78, 5) is 10.7. The fourth-order valence-corrected chi connectivity index (χ4v) is 0.956. The lowest BCUT2D eigenvalue weighted by atomic mass is 10.3. The number of aromatic nitrogens is 1. The van der Waals surface area contributed by atoms with Crippen molar-refractivity contribution in [2.45, 2.75) is 19.4 Å². The van der Waals surface area contributed by atoms with Crippen molar-refractivity contribution in [3.63, 3.8) is 0 Å². The Morgan fingerprint density at radius 3 is 2.67 bits per heavy atom. The van der Waals surface area contributed by atoms with Gasteiger partial charge in [-0.05, 0) is 6.42 Å². The summed E-state index contributed by atoms with van der Waals surface area (Å²) >= 11 is 0. The van der Waals surface area contributed by atoms with Crippen LogP contribution in [0.5, 0.6) is 0 Å². The molecule has 0 spiro atoms. The summed E-state index contributed by atoms with van der Waals surface area (Å²) < 4.78 is 1.96. The van der Waals surface area contributed by atoms with Gasteiger partial charge in [-0.3, -0.25) is 4.79 Å². The van der Waals surface area contributed by atoms with E-state index >= 15 is 0 Å². The molecule has 0 aromatic carbocycles. The predicted molar refractivity (Wildman–Crippen MR) is 48.8 cm³/mol. The van der Waals surface area contributed by atoms with Crippen LogP contribution in [-0.4, -0.2) is 4.57 Å². The number of hydrogen-bond acceptors (Lipinski definition) is 1. The minimum absolute atomic E-state index is 0.0446. The second-order valence-corrected chi connectivity index (χ2v) is 2.58. The number of pyridine rings is 1. The molecule has 2 nitrogen and oxygen atoms in total. The predicted octanol–water partition coefficient (Wildman–Crippen LogP) is 1.26. The third kappa shape index (κ3) is 2.63. The molecule has 12 heavy (non-hydrogen) atoms. The van der Waals surface area contributed by atoms with Gasteiger partial charge in [0.15, 0.2) is 5.43 Å². The zero-order valence-electron chi connectivity index (χ0n) is 6.86. The van der Waals surface area contributed by atoms with Gasteiger partial charge in [0.2, 0.25) is 0 Å². The van der Waals surface area contributed by atoms with Gasteiger partial charge in [0.1, 0.15) is 0 Å². The summed E-state index contributed by atoms with van der Waals surface area (Å²) in [5, 5.41) is 0. The topological polar surface area (TPSA) is 22.0 Å². The number of terminal acetylenes is 1. The Labute approximate surface area is 71.8 Å². The summed E-state index contributed by atoms with van der Waals surface area (Å²) in [7, 11) is 0. The third-order valence-corrected chi connectivity index (χ3v) is 1.60. The number of aryl methyl sites for hydroxylation is 1. The van der Waals surface area contributed by atoms with Crippen molar-refractivity contribution in [2.24, 2.45) is 0 Å². The van der Waals surface area contributed by atoms with Gasteiger partial charge >= 0.3 is 0 Å². The Balaban J connectivity index is 2.49. The first-order chi connectivity index (χ1) is 5.83. The van der Waals surface area contributed by atoms with Crippen molar-refractivity contribution >= 4 is 0 Å². The Morgan fingerprint density at radius 1 is 1.42 bits per heavy atom. The molecule has 0 amide bonds. The highest BCUT2D eigenvalue weighted by Gasteiger charge is 1.87. The molecule has 0 saturated carbocycles. The van der Waals surface area contributed by atoms with Gasteiger partial charge in [0.25, 0.3) is 0 Å². The van der Waals surface area contributed by atoms with E-state index in [1.807, 2.05) is 4.57 Å². The Kier molecular flexibility index (Phi) is 3.16. The zero-order valence-corrected chi connectivity index (χ0v) is 6.86. The first kappa shape index (κ1) is 8.61. The first-order valence-corrected chi connectivity index (χ1v) is 3.92. The second-order valence-electron chi connectivity index (χ2n) is 2.58. The number of rotatable bonds is 3. The van der Waals surface area contributed by atoms with E-state index in [-0.39, 0.29) is 5.43 Å². The van der Waals surface area contributed by atoms with E-state index < -0.39 is 0 Å². The molecule has 62 valence electrons. The summed E-state index contributed by atoms with van der Waals surface area (Å²) in [5.74, 6) is 2.57. The molecule has 1 heterocycles. The normalized spacial score (nSPS) is 9.25. The standard InChI is InChI=1S/C10H11NO/c1-2-3-4-7-11-8-5-10(12)6-9-11/h1,5-6,8-9H,3-4,7H2. The van der Waals surface area contributed by atoms with Gasteiger partial charge in [0.05, 0.1) is 0 Å². The molecule has 1 rings (SSSR count). The van der Waals surface area contributed by atoms with E-state index in [0.717, 1.165) is 19.4 Å². The molecule has 0 aliphatic carbocycles. The molecule has 1 aromatic heterocycles. The third-order valence-electron chi connectivity index (χ3n) is 1.60. The van der Waals surface area contributed by atoms with Gasteiger partial charge in [-0.25, -0.2) is 0 Å². The van der Waals surface area contributed by atoms with Crippen molar-refractivity contribution in [2.75, 3.05) is 0 Å². The molecular formula is C10H11NO. The summed E-state index contributed by atoms with van der Waals surface area (Å²) in [6, 6.07) is 3.10. The van der Waals surface area contributed by atoms with Crippen LogP contribution in [0, 0.1) is 12.3 Å². The lowest BCUT2D eigenvalue weighted by molar-refractivity contribution is 0.650. The highest BCUT2D eigenvalue weighted by molar-refractivity contribution is 4.93. The van der Waals surface area contributed by atoms with Gasteiger partial charge in [-0.1, -0.05) is 0 Å². The largest absolute Gasteiger partial charge is 0.354 e. The van der Waals surface area contributed by atoms with Crippen LogP contribution in [0.3, 0.4) is 0 Å². The molecular weight excluding hydrogens is 150 g/mol. The first-order valence-electron chi connectivity index (χ1n) is 3.92. The van der Waals surface area contributed by atoms with E-state index in [1.165, 1.54) is 0 Å². The minimum Gasteiger partial charge on any atom is -0.354 e. The molecule has 1 aromatic rings. The van der Waals surface area contributed by atoms with E-state index in [2.05, 4.69) is 5.92 Å². The molecule has 0 atom stereocenters. The lowest BCUT2D eigenvalue weighted by Crippen LogP contribution is -2.03. The highest BCUT2D eigenvalue weighted by Crippen LogP contribution is 1.92. The Bertz CT molecular complexity index is 312. The van der Waals surface area contributed by atoms with Crippen LogP contribution in [0.1, 0.15) is 12.8 Å². The molecule has 0 N–H and O–H groups in total. The summed E-state index contributed by atoms with van der Waals surface area (Å²) in [5.41, 5.74) is 0.0446. The minimum atomic E-state index is 0.0446. The van der Waals surface area contributed by atoms with Crippen LogP contribution >= 0.6 is 0 Å². The van der Waals surface area contributed by atoms with Gasteiger partial charge in [-0.15, -0.1) is 12.3 Å². The maximum Gasteiger partial charge on any atom is 0.181 e. The molecule has 0 aliphatic rings. The average molecular weight is 161 g/mol. The molecule has 0 unspecified atom stereocenters. The van der Waals surface area contributed by atoms with Crippen molar-refractivity contribution < 1.29 is 0 Å². The molecule has 0 aliphatic heterocycles. The smallest absolute Gasteiger partial charge is 0.181 e. The van der Waals surface area contributed by atoms with E-state index in [4.69, 9.17) is 6.42 Å². The monoisotopic (exact) mass is 161 g/mol. The quantitative estimate of drug-likeness (QED) is 0.483. The van der Waals surface area contributed by atoms with Crippen LogP contribution in [0.25, 0.3) is 0 Å². The molecule has 2 heteroatoms. The molecule has 0 bridgehead atoms. The van der Waals surface area contributed by atoms with Gasteiger partial charge < -0.3 is 4.57 Å². The Hall–Kier alpha value is -1.49. The fraction of sp³-hybridized carbons (Fsp3) is 0.300. The maximum absolute atomic E-state index is 10.7. The van der Waals surface area contributed by atoms with Crippen molar-refractivity contribution in [1.29, 1.82) is 0 Å². The van der Waals surface area contributed by atoms with Crippen molar-refractivity contribution in [1.82, 2.24) is 4.57 Å². The van der Waals surface area contributed by atoms with Crippen LogP contribution in [0.2, 0.25) is 0 Å². The van der Waals surface area contributed by atoms with Crippen LogP contribution < -0.4 is 5.43 Å². The Morgan fingerprint density at radius 2 is 2.08 bits per heavy atom. The molecule has 0 saturated heterocycles. The van der Waals surface area contributed by atoms with E-state index in [1.54, 1.807) is 24.5 Å². The van der Waals surface area contributed by atoms with Gasteiger partial charge in [-0.2, -0.15) is 0 Å². The molecule has 0 fully saturated rings. The fourth-order valence-electron chi connectivity index (χ4n) is 0.956. The number of unbranched alkanes of at least 4 members (excludes halogenated alkanes) is 1. The second kappa shape index (κ2) is 4.40. The van der Waals surface area contributed by atoms with Crippen molar-refractivity contribution in [3.8, 4) is 12.3 Å². The van der Waals surface area contributed by atoms with Crippen molar-refractivity contribution in [3.05, 3.63) is 34.7 Å². The van der Waals surface area contributed by atoms with E-state index in [9.17, 15) is 4.79 Å². The maximum atomic E-state index is 10.7. The van der Waals surface area contributed by atoms with Crippen LogP contribution in [-0.2, 0) is 6.54 Å².